The molecule has 0 saturated carbocycles. The molecule has 1 heterocycles. The molecule has 1 aliphatic heterocycles. The third kappa shape index (κ3) is 2.45. The predicted molar refractivity (Wildman–Crippen MR) is 44.5 cm³/mol. The van der Waals surface area contributed by atoms with Gasteiger partial charge >= 0.3 is 0 Å². The molecule has 0 aromatic rings. The van der Waals surface area contributed by atoms with Gasteiger partial charge in [0.2, 0.25) is 0 Å². The minimum absolute atomic E-state index is 0. The van der Waals surface area contributed by atoms with Crippen LogP contribution in [0.5, 0.6) is 0 Å². The van der Waals surface area contributed by atoms with Crippen molar-refractivity contribution in [2.45, 2.75) is 38.4 Å². The average Bonchev–Trinajstić information content (AvgIpc) is 2.10. The lowest BCUT2D eigenvalue weighted by Crippen LogP contribution is -2.24. The Kier molecular flexibility index (Phi) is 3.63. The Morgan fingerprint density at radius 1 is 1.60 bits per heavy atom. The van der Waals surface area contributed by atoms with Crippen LogP contribution in [0, 0.1) is 0 Å². The first-order valence-electron chi connectivity index (χ1n) is 3.52. The fourth-order valence-corrected chi connectivity index (χ4v) is 1.24. The van der Waals surface area contributed by atoms with E-state index in [0.717, 1.165) is 12.8 Å². The summed E-state index contributed by atoms with van der Waals surface area (Å²) in [5.74, 6) is 0. The van der Waals surface area contributed by atoms with Crippen LogP contribution >= 0.6 is 12.4 Å². The number of ether oxygens (including phenoxy) is 1. The van der Waals surface area contributed by atoms with Crippen LogP contribution in [0.25, 0.3) is 0 Å². The van der Waals surface area contributed by atoms with Crippen molar-refractivity contribution in [3.8, 4) is 0 Å². The third-order valence-corrected chi connectivity index (χ3v) is 1.82. The monoisotopic (exact) mass is 165 g/mol. The molecule has 0 aliphatic carbocycles. The highest BCUT2D eigenvalue weighted by atomic mass is 35.5. The number of hydrogen-bond acceptors (Lipinski definition) is 2. The second kappa shape index (κ2) is 3.56. The SMILES string of the molecule is CC1(C)CC[C@@H](CN)O1.Cl. The van der Waals surface area contributed by atoms with Gasteiger partial charge in [0, 0.05) is 6.54 Å². The normalized spacial score (nSPS) is 29.7. The highest BCUT2D eigenvalue weighted by Gasteiger charge is 2.30. The smallest absolute Gasteiger partial charge is 0.0705 e. The summed E-state index contributed by atoms with van der Waals surface area (Å²) in [7, 11) is 0. The summed E-state index contributed by atoms with van der Waals surface area (Å²) >= 11 is 0. The van der Waals surface area contributed by atoms with Gasteiger partial charge in [-0.25, -0.2) is 0 Å². The van der Waals surface area contributed by atoms with Crippen molar-refractivity contribution in [2.75, 3.05) is 6.54 Å². The molecule has 0 aromatic carbocycles. The molecule has 1 saturated heterocycles. The van der Waals surface area contributed by atoms with Gasteiger partial charge in [-0.15, -0.1) is 12.4 Å². The Morgan fingerprint density at radius 3 is 2.40 bits per heavy atom. The first-order chi connectivity index (χ1) is 4.14. The fraction of sp³-hybridized carbons (Fsp3) is 1.00. The summed E-state index contributed by atoms with van der Waals surface area (Å²) in [5, 5.41) is 0. The summed E-state index contributed by atoms with van der Waals surface area (Å²) in [5.41, 5.74) is 5.52. The van der Waals surface area contributed by atoms with Crippen LogP contribution in [0.15, 0.2) is 0 Å². The quantitative estimate of drug-likeness (QED) is 0.636. The highest BCUT2D eigenvalue weighted by Crippen LogP contribution is 2.28. The summed E-state index contributed by atoms with van der Waals surface area (Å²) in [6, 6.07) is 0. The summed E-state index contributed by atoms with van der Waals surface area (Å²) in [4.78, 5) is 0. The second-order valence-corrected chi connectivity index (χ2v) is 3.27. The summed E-state index contributed by atoms with van der Waals surface area (Å²) in [6.07, 6.45) is 2.60. The third-order valence-electron chi connectivity index (χ3n) is 1.82. The first kappa shape index (κ1) is 10.2. The van der Waals surface area contributed by atoms with Crippen LogP contribution in [-0.2, 0) is 4.74 Å². The van der Waals surface area contributed by atoms with Gasteiger partial charge in [-0.1, -0.05) is 0 Å². The minimum Gasteiger partial charge on any atom is -0.371 e. The van der Waals surface area contributed by atoms with Gasteiger partial charge in [-0.2, -0.15) is 0 Å². The topological polar surface area (TPSA) is 35.2 Å². The van der Waals surface area contributed by atoms with Crippen LogP contribution in [0.2, 0.25) is 0 Å². The van der Waals surface area contributed by atoms with Gasteiger partial charge < -0.3 is 10.5 Å². The van der Waals surface area contributed by atoms with E-state index >= 15 is 0 Å². The van der Waals surface area contributed by atoms with E-state index in [4.69, 9.17) is 10.5 Å². The fourth-order valence-electron chi connectivity index (χ4n) is 1.24. The number of nitrogens with two attached hydrogens (primary N) is 1. The zero-order valence-electron chi connectivity index (χ0n) is 6.59. The van der Waals surface area contributed by atoms with Crippen LogP contribution in [0.4, 0.5) is 0 Å². The van der Waals surface area contributed by atoms with Gasteiger partial charge in [0.1, 0.15) is 0 Å². The van der Waals surface area contributed by atoms with E-state index in [0.29, 0.717) is 12.6 Å². The molecule has 3 heteroatoms. The molecule has 0 amide bonds. The lowest BCUT2D eigenvalue weighted by molar-refractivity contribution is -0.0108. The van der Waals surface area contributed by atoms with Gasteiger partial charge in [0.25, 0.3) is 0 Å². The van der Waals surface area contributed by atoms with Gasteiger partial charge in [0.15, 0.2) is 0 Å². The molecule has 62 valence electrons. The molecule has 0 aromatic heterocycles. The van der Waals surface area contributed by atoms with E-state index in [1.165, 1.54) is 0 Å². The number of rotatable bonds is 1. The maximum absolute atomic E-state index is 5.57. The molecule has 1 aliphatic rings. The van der Waals surface area contributed by atoms with Gasteiger partial charge in [-0.3, -0.25) is 0 Å². The molecule has 0 spiro atoms. The van der Waals surface area contributed by atoms with Crippen molar-refractivity contribution in [1.29, 1.82) is 0 Å². The zero-order valence-corrected chi connectivity index (χ0v) is 7.41. The molecule has 0 bridgehead atoms. The van der Waals surface area contributed by atoms with Crippen molar-refractivity contribution < 1.29 is 4.74 Å². The maximum Gasteiger partial charge on any atom is 0.0705 e. The second-order valence-electron chi connectivity index (χ2n) is 3.27. The molecular weight excluding hydrogens is 150 g/mol. The lowest BCUT2D eigenvalue weighted by Gasteiger charge is -2.17. The highest BCUT2D eigenvalue weighted by molar-refractivity contribution is 5.85. The Bertz CT molecular complexity index is 106. The van der Waals surface area contributed by atoms with E-state index in [9.17, 15) is 0 Å². The minimum atomic E-state index is 0. The van der Waals surface area contributed by atoms with Crippen molar-refractivity contribution in [3.63, 3.8) is 0 Å². The van der Waals surface area contributed by atoms with Crippen LogP contribution < -0.4 is 5.73 Å². The van der Waals surface area contributed by atoms with E-state index in [2.05, 4.69) is 13.8 Å². The Balaban J connectivity index is 0.000000810. The molecule has 2 nitrogen and oxygen atoms in total. The lowest BCUT2D eigenvalue weighted by atomic mass is 10.1. The van der Waals surface area contributed by atoms with Gasteiger partial charge in [0.05, 0.1) is 11.7 Å². The summed E-state index contributed by atoms with van der Waals surface area (Å²) in [6.45, 7) is 4.90. The van der Waals surface area contributed by atoms with E-state index in [-0.39, 0.29) is 18.0 Å². The molecular formula is C7H16ClNO. The largest absolute Gasteiger partial charge is 0.371 e. The summed E-state index contributed by atoms with van der Waals surface area (Å²) < 4.78 is 5.57. The number of halogens is 1. The predicted octanol–water partition coefficient (Wildman–Crippen LogP) is 1.32. The van der Waals surface area contributed by atoms with Crippen LogP contribution in [-0.4, -0.2) is 18.2 Å². The van der Waals surface area contributed by atoms with Crippen molar-refractivity contribution in [2.24, 2.45) is 5.73 Å². The van der Waals surface area contributed by atoms with E-state index in [1.807, 2.05) is 0 Å². The van der Waals surface area contributed by atoms with E-state index in [1.54, 1.807) is 0 Å². The van der Waals surface area contributed by atoms with Crippen molar-refractivity contribution in [1.82, 2.24) is 0 Å². The average molecular weight is 166 g/mol. The molecule has 10 heavy (non-hydrogen) atoms. The molecule has 0 radical (unpaired) electrons. The van der Waals surface area contributed by atoms with E-state index < -0.39 is 0 Å². The van der Waals surface area contributed by atoms with Crippen molar-refractivity contribution >= 4 is 12.4 Å². The maximum atomic E-state index is 5.57. The Labute approximate surface area is 68.5 Å². The standard InChI is InChI=1S/C7H15NO.ClH/c1-7(2)4-3-6(5-8)9-7;/h6H,3-5,8H2,1-2H3;1H/t6-;/m0./s1. The Hall–Kier alpha value is 0.210. The number of hydrogen-bond donors (Lipinski definition) is 1. The van der Waals surface area contributed by atoms with Crippen LogP contribution in [0.1, 0.15) is 26.7 Å². The van der Waals surface area contributed by atoms with Crippen molar-refractivity contribution in [3.05, 3.63) is 0 Å². The first-order valence-corrected chi connectivity index (χ1v) is 3.52. The van der Waals surface area contributed by atoms with Crippen LogP contribution in [0.3, 0.4) is 0 Å². The Morgan fingerprint density at radius 2 is 2.20 bits per heavy atom. The molecule has 2 N–H and O–H groups in total. The molecule has 0 unspecified atom stereocenters. The molecule has 1 fully saturated rings. The van der Waals surface area contributed by atoms with Gasteiger partial charge in [-0.05, 0) is 26.7 Å². The molecule has 1 rings (SSSR count). The zero-order chi connectivity index (χ0) is 6.91. The molecule has 1 atom stereocenters.